The highest BCUT2D eigenvalue weighted by molar-refractivity contribution is 14.0. The van der Waals surface area contributed by atoms with Crippen molar-refractivity contribution in [2.24, 2.45) is 4.99 Å². The summed E-state index contributed by atoms with van der Waals surface area (Å²) in [6, 6.07) is 17.6. The molecule has 1 heterocycles. The number of nitrogens with one attached hydrogen (secondary N) is 2. The van der Waals surface area contributed by atoms with E-state index in [2.05, 4.69) is 20.7 Å². The SMILES string of the molecule is CN=C(NCc1cnn(-c2ccccc2)c1)NCC(C)Oc1cccc(OC)c1.I. The summed E-state index contributed by atoms with van der Waals surface area (Å²) in [5.41, 5.74) is 2.10. The van der Waals surface area contributed by atoms with Gasteiger partial charge in [0, 0.05) is 31.4 Å². The highest BCUT2D eigenvalue weighted by atomic mass is 127. The lowest BCUT2D eigenvalue weighted by Crippen LogP contribution is -2.41. The molecule has 0 fully saturated rings. The van der Waals surface area contributed by atoms with Crippen molar-refractivity contribution in [2.75, 3.05) is 20.7 Å². The first-order valence-corrected chi connectivity index (χ1v) is 9.52. The van der Waals surface area contributed by atoms with Crippen molar-refractivity contribution in [3.8, 4) is 17.2 Å². The third-order valence-electron chi connectivity index (χ3n) is 4.28. The van der Waals surface area contributed by atoms with E-state index in [0.717, 1.165) is 22.7 Å². The number of halogens is 1. The Morgan fingerprint density at radius 1 is 1.10 bits per heavy atom. The Hall–Kier alpha value is -2.75. The van der Waals surface area contributed by atoms with Crippen LogP contribution in [0.1, 0.15) is 12.5 Å². The van der Waals surface area contributed by atoms with Crippen molar-refractivity contribution in [1.29, 1.82) is 0 Å². The molecule has 1 unspecified atom stereocenters. The Labute approximate surface area is 194 Å². The number of hydrogen-bond acceptors (Lipinski definition) is 4. The van der Waals surface area contributed by atoms with Crippen LogP contribution >= 0.6 is 24.0 Å². The average molecular weight is 521 g/mol. The minimum absolute atomic E-state index is 0. The largest absolute Gasteiger partial charge is 0.497 e. The van der Waals surface area contributed by atoms with E-state index in [1.54, 1.807) is 14.2 Å². The molecule has 7 nitrogen and oxygen atoms in total. The van der Waals surface area contributed by atoms with Crippen LogP contribution in [0.3, 0.4) is 0 Å². The molecule has 0 aliphatic carbocycles. The van der Waals surface area contributed by atoms with Crippen LogP contribution in [0.5, 0.6) is 11.5 Å². The van der Waals surface area contributed by atoms with Crippen LogP contribution in [-0.2, 0) is 6.54 Å². The molecule has 3 rings (SSSR count). The molecule has 1 atom stereocenters. The molecule has 0 amide bonds. The van der Waals surface area contributed by atoms with Crippen molar-refractivity contribution in [3.63, 3.8) is 0 Å². The summed E-state index contributed by atoms with van der Waals surface area (Å²) in [6.45, 7) is 3.24. The summed E-state index contributed by atoms with van der Waals surface area (Å²) in [5.74, 6) is 2.25. The van der Waals surface area contributed by atoms with Crippen LogP contribution in [0.15, 0.2) is 72.0 Å². The molecule has 0 spiro atoms. The first-order chi connectivity index (χ1) is 14.2. The number of methoxy groups -OCH3 is 1. The molecule has 0 aliphatic rings. The summed E-state index contributed by atoms with van der Waals surface area (Å²) in [7, 11) is 3.39. The molecule has 2 aromatic carbocycles. The lowest BCUT2D eigenvalue weighted by Gasteiger charge is -2.18. The molecular weight excluding hydrogens is 493 g/mol. The van der Waals surface area contributed by atoms with E-state index in [4.69, 9.17) is 9.47 Å². The second kappa shape index (κ2) is 12.1. The van der Waals surface area contributed by atoms with E-state index in [9.17, 15) is 0 Å². The van der Waals surface area contributed by atoms with Crippen molar-refractivity contribution < 1.29 is 9.47 Å². The number of guanidine groups is 1. The van der Waals surface area contributed by atoms with Gasteiger partial charge < -0.3 is 20.1 Å². The fourth-order valence-corrected chi connectivity index (χ4v) is 2.77. The predicted octanol–water partition coefficient (Wildman–Crippen LogP) is 3.63. The Morgan fingerprint density at radius 3 is 2.60 bits per heavy atom. The first-order valence-electron chi connectivity index (χ1n) is 9.52. The van der Waals surface area contributed by atoms with E-state index in [1.807, 2.05) is 78.6 Å². The fourth-order valence-electron chi connectivity index (χ4n) is 2.77. The number of ether oxygens (including phenoxy) is 2. The number of hydrogen-bond donors (Lipinski definition) is 2. The van der Waals surface area contributed by atoms with E-state index < -0.39 is 0 Å². The third-order valence-corrected chi connectivity index (χ3v) is 4.28. The maximum absolute atomic E-state index is 5.93. The summed E-state index contributed by atoms with van der Waals surface area (Å²) < 4.78 is 13.0. The van der Waals surface area contributed by atoms with E-state index in [1.165, 1.54) is 0 Å². The normalized spacial score (nSPS) is 11.9. The van der Waals surface area contributed by atoms with Crippen LogP contribution in [0.2, 0.25) is 0 Å². The van der Waals surface area contributed by atoms with Gasteiger partial charge in [0.05, 0.1) is 25.5 Å². The number of nitrogens with zero attached hydrogens (tertiary/aromatic N) is 3. The smallest absolute Gasteiger partial charge is 0.191 e. The van der Waals surface area contributed by atoms with Crippen molar-refractivity contribution in [1.82, 2.24) is 20.4 Å². The van der Waals surface area contributed by atoms with Gasteiger partial charge in [-0.25, -0.2) is 4.68 Å². The van der Waals surface area contributed by atoms with Crippen molar-refractivity contribution in [2.45, 2.75) is 19.6 Å². The molecular formula is C22H28IN5O2. The van der Waals surface area contributed by atoms with E-state index >= 15 is 0 Å². The highest BCUT2D eigenvalue weighted by Crippen LogP contribution is 2.19. The third kappa shape index (κ3) is 6.94. The minimum Gasteiger partial charge on any atom is -0.497 e. The number of rotatable bonds is 8. The van der Waals surface area contributed by atoms with Crippen LogP contribution < -0.4 is 20.1 Å². The van der Waals surface area contributed by atoms with Gasteiger partial charge in [-0.15, -0.1) is 24.0 Å². The van der Waals surface area contributed by atoms with Crippen molar-refractivity contribution >= 4 is 29.9 Å². The Balaban J connectivity index is 0.00000320. The molecule has 2 N–H and O–H groups in total. The maximum Gasteiger partial charge on any atom is 0.191 e. The van der Waals surface area contributed by atoms with Gasteiger partial charge in [0.15, 0.2) is 5.96 Å². The molecule has 160 valence electrons. The Kier molecular flexibility index (Phi) is 9.46. The van der Waals surface area contributed by atoms with Crippen LogP contribution in [0.4, 0.5) is 0 Å². The molecule has 0 bridgehead atoms. The summed E-state index contributed by atoms with van der Waals surface area (Å²) in [4.78, 5) is 4.27. The molecule has 0 radical (unpaired) electrons. The zero-order valence-electron chi connectivity index (χ0n) is 17.4. The molecule has 8 heteroatoms. The minimum atomic E-state index is -0.0403. The van der Waals surface area contributed by atoms with Crippen LogP contribution in [0, 0.1) is 0 Å². The zero-order valence-corrected chi connectivity index (χ0v) is 19.7. The fraction of sp³-hybridized carbons (Fsp3) is 0.273. The Bertz CT molecular complexity index is 930. The molecule has 3 aromatic rings. The van der Waals surface area contributed by atoms with E-state index in [0.29, 0.717) is 19.0 Å². The van der Waals surface area contributed by atoms with Gasteiger partial charge in [-0.3, -0.25) is 4.99 Å². The van der Waals surface area contributed by atoms with E-state index in [-0.39, 0.29) is 30.1 Å². The standard InChI is InChI=1S/C22H27N5O2.HI/c1-17(29-21-11-7-10-20(12-21)28-3)13-24-22(23-2)25-14-18-15-26-27(16-18)19-8-5-4-6-9-19;/h4-12,15-17H,13-14H2,1-3H3,(H2,23,24,25);1H. The van der Waals surface area contributed by atoms with Gasteiger partial charge in [-0.2, -0.15) is 5.10 Å². The summed E-state index contributed by atoms with van der Waals surface area (Å²) in [6.07, 6.45) is 3.81. The maximum atomic E-state index is 5.93. The van der Waals surface area contributed by atoms with Gasteiger partial charge in [0.25, 0.3) is 0 Å². The molecule has 0 aliphatic heterocycles. The second-order valence-electron chi connectivity index (χ2n) is 6.54. The number of para-hydroxylation sites is 1. The van der Waals surface area contributed by atoms with Gasteiger partial charge in [0.2, 0.25) is 0 Å². The topological polar surface area (TPSA) is 72.7 Å². The van der Waals surface area contributed by atoms with Crippen LogP contribution in [-0.4, -0.2) is 42.5 Å². The summed E-state index contributed by atoms with van der Waals surface area (Å²) >= 11 is 0. The number of aliphatic imine (C=N–C) groups is 1. The van der Waals surface area contributed by atoms with Gasteiger partial charge in [-0.1, -0.05) is 24.3 Å². The second-order valence-corrected chi connectivity index (χ2v) is 6.54. The Morgan fingerprint density at radius 2 is 1.87 bits per heavy atom. The molecule has 0 saturated heterocycles. The molecule has 0 saturated carbocycles. The zero-order chi connectivity index (χ0) is 20.5. The van der Waals surface area contributed by atoms with Gasteiger partial charge in [0.1, 0.15) is 17.6 Å². The average Bonchev–Trinajstić information content (AvgIpc) is 3.24. The molecule has 1 aromatic heterocycles. The predicted molar refractivity (Wildman–Crippen MR) is 130 cm³/mol. The van der Waals surface area contributed by atoms with Gasteiger partial charge in [-0.05, 0) is 31.2 Å². The van der Waals surface area contributed by atoms with Crippen molar-refractivity contribution in [3.05, 3.63) is 72.6 Å². The summed E-state index contributed by atoms with van der Waals surface area (Å²) in [5, 5.41) is 11.0. The first kappa shape index (κ1) is 23.5. The highest BCUT2D eigenvalue weighted by Gasteiger charge is 2.07. The molecule has 30 heavy (non-hydrogen) atoms. The lowest BCUT2D eigenvalue weighted by atomic mass is 10.3. The van der Waals surface area contributed by atoms with Gasteiger partial charge >= 0.3 is 0 Å². The monoisotopic (exact) mass is 521 g/mol. The van der Waals surface area contributed by atoms with Crippen LogP contribution in [0.25, 0.3) is 5.69 Å². The lowest BCUT2D eigenvalue weighted by molar-refractivity contribution is 0.223. The quantitative estimate of drug-likeness (QED) is 0.269. The number of benzene rings is 2. The number of aromatic nitrogens is 2.